The number of aromatic nitrogens is 3. The number of nitrogen functional groups attached to an aromatic ring is 1. The Morgan fingerprint density at radius 3 is 2.22 bits per heavy atom. The fraction of sp³-hybridized carbons (Fsp3) is 0.667. The number of hydrogen-bond donors (Lipinski definition) is 4. The molecule has 0 amide bonds. The minimum atomic E-state index is -4.79. The maximum absolute atomic E-state index is 14.1. The molecule has 1 saturated heterocycles. The Kier molecular flexibility index (Phi) is 20.2. The molecule has 322 valence electrons. The van der Waals surface area contributed by atoms with E-state index in [0.717, 1.165) is 31.7 Å². The monoisotopic (exact) mass is 830 g/mol. The van der Waals surface area contributed by atoms with Gasteiger partial charge < -0.3 is 30.3 Å². The third-order valence-corrected chi connectivity index (χ3v) is 11.6. The molecular formula is C42H64FN6O8P. The van der Waals surface area contributed by atoms with E-state index in [1.165, 1.54) is 120 Å². The summed E-state index contributed by atoms with van der Waals surface area (Å²) in [5.41, 5.74) is 5.54. The van der Waals surface area contributed by atoms with Gasteiger partial charge in [0.05, 0.1) is 43.3 Å². The number of aliphatic imine (C=N–C) groups is 1. The maximum atomic E-state index is 14.1. The molecule has 0 bridgehead atoms. The second-order valence-corrected chi connectivity index (χ2v) is 16.8. The quantitative estimate of drug-likeness (QED) is 0.0296. The van der Waals surface area contributed by atoms with Crippen molar-refractivity contribution in [1.82, 2.24) is 14.6 Å². The molecule has 1 unspecified atom stereocenters. The topological polar surface area (TPSA) is 207 Å². The Morgan fingerprint density at radius 1 is 1.00 bits per heavy atom. The van der Waals surface area contributed by atoms with E-state index >= 15 is 0 Å². The molecule has 1 aliphatic rings. The molecule has 3 aromatic rings. The normalized spacial score (nSPS) is 21.2. The molecule has 14 nitrogen and oxygen atoms in total. The number of nitriles is 1. The van der Waals surface area contributed by atoms with E-state index in [1.54, 1.807) is 12.1 Å². The molecule has 16 heteroatoms. The first-order chi connectivity index (χ1) is 28.0. The molecule has 0 radical (unpaired) electrons. The lowest BCUT2D eigenvalue weighted by Gasteiger charge is -2.28. The van der Waals surface area contributed by atoms with Gasteiger partial charge in [-0.3, -0.25) is 14.0 Å². The Balaban J connectivity index is 1.25. The van der Waals surface area contributed by atoms with E-state index < -0.39 is 50.3 Å². The highest BCUT2D eigenvalue weighted by molar-refractivity contribution is 7.47. The largest absolute Gasteiger partial charge is 0.472 e. The van der Waals surface area contributed by atoms with Crippen LogP contribution in [0.2, 0.25) is 0 Å². The zero-order valence-corrected chi connectivity index (χ0v) is 35.1. The standard InChI is InChI=1S/C42H64FN6O8P/c1-3-4-5-6-7-8-9-10-11-12-13-14-15-16-17-18-19-20-35(54-27-33-23-32(26-44)24-34(43)25-33)28-55-58(52,53)56-30-42(29-46-2)40(51)38(50)39(57-42)36-21-22-37-41(45)47-31-48-49(36)37/h21-25,29,31,35,38-40,50-51H,3-20,27-28,30H2,1-2H3,(H,52,53)(H2,45,47,48)/t35-,38+,39+,40+,42-/m1/s1. The van der Waals surface area contributed by atoms with Crippen molar-refractivity contribution in [3.05, 3.63) is 59.3 Å². The van der Waals surface area contributed by atoms with Crippen LogP contribution in [0.3, 0.4) is 0 Å². The maximum Gasteiger partial charge on any atom is 0.472 e. The number of anilines is 1. The summed E-state index contributed by atoms with van der Waals surface area (Å²) in [5.74, 6) is -0.366. The highest BCUT2D eigenvalue weighted by atomic mass is 31.2. The molecule has 3 heterocycles. The van der Waals surface area contributed by atoms with Crippen molar-refractivity contribution >= 4 is 25.4 Å². The Hall–Kier alpha value is -3.32. The second kappa shape index (κ2) is 24.7. The van der Waals surface area contributed by atoms with Gasteiger partial charge in [0.25, 0.3) is 0 Å². The molecule has 2 aromatic heterocycles. The van der Waals surface area contributed by atoms with Crippen molar-refractivity contribution in [2.24, 2.45) is 4.99 Å². The lowest BCUT2D eigenvalue weighted by atomic mass is 9.96. The molecule has 1 aliphatic heterocycles. The highest BCUT2D eigenvalue weighted by Crippen LogP contribution is 2.47. The minimum absolute atomic E-state index is 0.0453. The van der Waals surface area contributed by atoms with Crippen molar-refractivity contribution in [2.45, 2.75) is 159 Å². The molecule has 0 aliphatic carbocycles. The SMILES string of the molecule is CCCCCCCCCCCCCCCCCCC[C@H](COP(=O)(O)OC[C@@]1(C=NC)O[C@@H](c2ccc3c(N)ncnn23)[C@H](O)[C@@H]1O)OCc1cc(F)cc(C#N)c1. The van der Waals surface area contributed by atoms with E-state index in [1.807, 2.05) is 6.07 Å². The number of aliphatic hydroxyl groups excluding tert-OH is 2. The third-order valence-electron chi connectivity index (χ3n) is 10.7. The number of nitrogens with zero attached hydrogens (tertiary/aromatic N) is 5. The summed E-state index contributed by atoms with van der Waals surface area (Å²) in [5, 5.41) is 35.7. The zero-order valence-electron chi connectivity index (χ0n) is 34.2. The van der Waals surface area contributed by atoms with Gasteiger partial charge in [-0.05, 0) is 42.3 Å². The van der Waals surface area contributed by atoms with E-state index in [4.69, 9.17) is 24.3 Å². The lowest BCUT2D eigenvalue weighted by molar-refractivity contribution is -0.0655. The van der Waals surface area contributed by atoms with Crippen molar-refractivity contribution in [2.75, 3.05) is 26.0 Å². The van der Waals surface area contributed by atoms with Crippen LogP contribution in [0, 0.1) is 17.1 Å². The van der Waals surface area contributed by atoms with Crippen LogP contribution in [-0.4, -0.2) is 80.1 Å². The number of unbranched alkanes of at least 4 members (excludes halogenated alkanes) is 16. The van der Waals surface area contributed by atoms with E-state index in [9.17, 15) is 29.3 Å². The van der Waals surface area contributed by atoms with Gasteiger partial charge in [0, 0.05) is 13.3 Å². The lowest BCUT2D eigenvalue weighted by Crippen LogP contribution is -2.48. The predicted octanol–water partition coefficient (Wildman–Crippen LogP) is 8.32. The van der Waals surface area contributed by atoms with Crippen LogP contribution in [0.25, 0.3) is 5.52 Å². The summed E-state index contributed by atoms with van der Waals surface area (Å²) < 4.78 is 51.7. The average Bonchev–Trinajstić information content (AvgIpc) is 3.74. The molecule has 1 fully saturated rings. The third kappa shape index (κ3) is 14.7. The Bertz CT molecular complexity index is 1790. The number of phosphoric acid groups is 1. The Morgan fingerprint density at radius 2 is 1.62 bits per heavy atom. The second-order valence-electron chi connectivity index (χ2n) is 15.4. The summed E-state index contributed by atoms with van der Waals surface area (Å²) in [7, 11) is -3.37. The number of halogens is 1. The first-order valence-corrected chi connectivity index (χ1v) is 22.5. The fourth-order valence-corrected chi connectivity index (χ4v) is 8.25. The Labute approximate surface area is 342 Å². The molecule has 6 atom stereocenters. The number of aliphatic hydroxyl groups is 2. The summed E-state index contributed by atoms with van der Waals surface area (Å²) in [4.78, 5) is 18.7. The van der Waals surface area contributed by atoms with Crippen LogP contribution in [-0.2, 0) is 29.7 Å². The van der Waals surface area contributed by atoms with Gasteiger partial charge in [-0.1, -0.05) is 116 Å². The number of ether oxygens (including phenoxy) is 2. The van der Waals surface area contributed by atoms with Gasteiger partial charge in [-0.25, -0.2) is 18.5 Å². The van der Waals surface area contributed by atoms with Crippen molar-refractivity contribution in [1.29, 1.82) is 5.26 Å². The smallest absolute Gasteiger partial charge is 0.387 e. The van der Waals surface area contributed by atoms with Gasteiger partial charge in [0.2, 0.25) is 0 Å². The van der Waals surface area contributed by atoms with Gasteiger partial charge in [0.15, 0.2) is 11.4 Å². The first kappa shape index (κ1) is 47.4. The zero-order chi connectivity index (χ0) is 41.8. The summed E-state index contributed by atoms with van der Waals surface area (Å²) in [6.45, 7) is 1.19. The number of fused-ring (bicyclic) bond motifs is 1. The molecule has 5 N–H and O–H groups in total. The predicted molar refractivity (Wildman–Crippen MR) is 221 cm³/mol. The average molecular weight is 831 g/mol. The van der Waals surface area contributed by atoms with Crippen LogP contribution in [0.5, 0.6) is 0 Å². The molecule has 58 heavy (non-hydrogen) atoms. The molecular weight excluding hydrogens is 766 g/mol. The van der Waals surface area contributed by atoms with Crippen LogP contribution in [0.4, 0.5) is 10.2 Å². The number of benzene rings is 1. The van der Waals surface area contributed by atoms with Crippen molar-refractivity contribution in [3.8, 4) is 6.07 Å². The molecule has 1 aromatic carbocycles. The molecule has 4 rings (SSSR count). The van der Waals surface area contributed by atoms with E-state index in [0.29, 0.717) is 23.2 Å². The van der Waals surface area contributed by atoms with E-state index in [2.05, 4.69) is 22.0 Å². The first-order valence-electron chi connectivity index (χ1n) is 21.0. The van der Waals surface area contributed by atoms with Crippen LogP contribution < -0.4 is 5.73 Å². The van der Waals surface area contributed by atoms with E-state index in [-0.39, 0.29) is 24.6 Å². The number of phosphoric ester groups is 1. The molecule has 0 saturated carbocycles. The van der Waals surface area contributed by atoms with Crippen molar-refractivity contribution in [3.63, 3.8) is 0 Å². The van der Waals surface area contributed by atoms with Crippen molar-refractivity contribution < 1.29 is 42.6 Å². The summed E-state index contributed by atoms with van der Waals surface area (Å²) in [6.07, 6.45) is 19.1. The highest BCUT2D eigenvalue weighted by Gasteiger charge is 2.55. The van der Waals surface area contributed by atoms with Crippen LogP contribution in [0.1, 0.15) is 145 Å². The van der Waals surface area contributed by atoms with Gasteiger partial charge in [0.1, 0.15) is 36.0 Å². The number of rotatable bonds is 29. The van der Waals surface area contributed by atoms with Crippen LogP contribution >= 0.6 is 7.82 Å². The number of hydrogen-bond acceptors (Lipinski definition) is 12. The van der Waals surface area contributed by atoms with Gasteiger partial charge in [-0.15, -0.1) is 0 Å². The fourth-order valence-electron chi connectivity index (χ4n) is 7.46. The van der Waals surface area contributed by atoms with Crippen LogP contribution in [0.15, 0.2) is 41.7 Å². The summed E-state index contributed by atoms with van der Waals surface area (Å²) in [6, 6.07) is 9.12. The summed E-state index contributed by atoms with van der Waals surface area (Å²) >= 11 is 0. The van der Waals surface area contributed by atoms with Gasteiger partial charge >= 0.3 is 7.82 Å². The minimum Gasteiger partial charge on any atom is -0.387 e. The molecule has 0 spiro atoms. The number of nitrogens with two attached hydrogens (primary N) is 1. The van der Waals surface area contributed by atoms with Gasteiger partial charge in [-0.2, -0.15) is 10.4 Å².